The number of hydrogen-bond acceptors (Lipinski definition) is 5. The zero-order valence-corrected chi connectivity index (χ0v) is 19.5. The van der Waals surface area contributed by atoms with Crippen LogP contribution in [0, 0.1) is 5.92 Å². The van der Waals surface area contributed by atoms with Gasteiger partial charge in [-0.2, -0.15) is 0 Å². The summed E-state index contributed by atoms with van der Waals surface area (Å²) in [5, 5.41) is 24.0. The predicted octanol–water partition coefficient (Wildman–Crippen LogP) is 4.70. The summed E-state index contributed by atoms with van der Waals surface area (Å²) >= 11 is 0. The van der Waals surface area contributed by atoms with Crippen LogP contribution in [0.15, 0.2) is 48.5 Å². The molecule has 1 aliphatic rings. The van der Waals surface area contributed by atoms with E-state index >= 15 is 0 Å². The molecule has 1 heterocycles. The molecule has 0 saturated heterocycles. The SMILES string of the molecule is CCCCC(=O)N(Cc1ccc(-c2ccccc2-c2nnn[nH]2)cc1)[C@@H]1CCCC[C@@H]1C(=O)O. The summed E-state index contributed by atoms with van der Waals surface area (Å²) in [6.45, 7) is 2.48. The molecule has 3 aromatic rings. The lowest BCUT2D eigenvalue weighted by molar-refractivity contribution is -0.149. The van der Waals surface area contributed by atoms with Crippen molar-refractivity contribution in [3.05, 3.63) is 54.1 Å². The van der Waals surface area contributed by atoms with Crippen molar-refractivity contribution < 1.29 is 14.7 Å². The van der Waals surface area contributed by atoms with E-state index in [1.165, 1.54) is 0 Å². The third kappa shape index (κ3) is 5.32. The molecule has 1 amide bonds. The Morgan fingerprint density at radius 2 is 1.79 bits per heavy atom. The highest BCUT2D eigenvalue weighted by atomic mass is 16.4. The average Bonchev–Trinajstić information content (AvgIpc) is 3.41. The molecule has 1 aromatic heterocycles. The molecule has 8 nitrogen and oxygen atoms in total. The highest BCUT2D eigenvalue weighted by molar-refractivity contribution is 5.81. The van der Waals surface area contributed by atoms with Crippen LogP contribution in [0.5, 0.6) is 0 Å². The average molecular weight is 462 g/mol. The summed E-state index contributed by atoms with van der Waals surface area (Å²) in [5.74, 6) is -0.649. The number of rotatable bonds is 9. The van der Waals surface area contributed by atoms with Gasteiger partial charge in [-0.15, -0.1) is 5.10 Å². The lowest BCUT2D eigenvalue weighted by Gasteiger charge is -2.38. The number of carboxylic acids is 1. The topological polar surface area (TPSA) is 112 Å². The van der Waals surface area contributed by atoms with E-state index in [2.05, 4.69) is 27.5 Å². The van der Waals surface area contributed by atoms with Crippen molar-refractivity contribution in [1.82, 2.24) is 25.5 Å². The van der Waals surface area contributed by atoms with Crippen molar-refractivity contribution in [3.8, 4) is 22.5 Å². The number of benzene rings is 2. The normalized spacial score (nSPS) is 17.9. The van der Waals surface area contributed by atoms with E-state index in [-0.39, 0.29) is 11.9 Å². The Morgan fingerprint density at radius 1 is 1.06 bits per heavy atom. The molecule has 2 atom stereocenters. The maximum atomic E-state index is 13.1. The number of carbonyl (C=O) groups excluding carboxylic acids is 1. The molecule has 1 aliphatic carbocycles. The van der Waals surface area contributed by atoms with E-state index in [1.54, 1.807) is 0 Å². The van der Waals surface area contributed by atoms with Crippen LogP contribution in [0.25, 0.3) is 22.5 Å². The number of aromatic amines is 1. The van der Waals surface area contributed by atoms with Gasteiger partial charge < -0.3 is 10.0 Å². The molecule has 2 N–H and O–H groups in total. The summed E-state index contributed by atoms with van der Waals surface area (Å²) in [6, 6.07) is 15.7. The highest BCUT2D eigenvalue weighted by Crippen LogP contribution is 2.32. The summed E-state index contributed by atoms with van der Waals surface area (Å²) in [6.07, 6.45) is 5.43. The number of amides is 1. The van der Waals surface area contributed by atoms with Gasteiger partial charge >= 0.3 is 5.97 Å². The molecule has 1 fully saturated rings. The molecule has 178 valence electrons. The fraction of sp³-hybridized carbons (Fsp3) is 0.423. The van der Waals surface area contributed by atoms with Crippen molar-refractivity contribution in [1.29, 1.82) is 0 Å². The van der Waals surface area contributed by atoms with E-state index in [0.29, 0.717) is 25.2 Å². The third-order valence-corrected chi connectivity index (χ3v) is 6.66. The molecule has 0 spiro atoms. The first kappa shape index (κ1) is 23.6. The fourth-order valence-corrected chi connectivity index (χ4v) is 4.84. The molecule has 8 heteroatoms. The lowest BCUT2D eigenvalue weighted by Crippen LogP contribution is -2.48. The quantitative estimate of drug-likeness (QED) is 0.478. The first-order valence-corrected chi connectivity index (χ1v) is 12.0. The van der Waals surface area contributed by atoms with E-state index < -0.39 is 11.9 Å². The number of unbranched alkanes of at least 4 members (excludes halogenated alkanes) is 1. The zero-order chi connectivity index (χ0) is 23.9. The summed E-state index contributed by atoms with van der Waals surface area (Å²) in [4.78, 5) is 26.9. The number of nitrogens with one attached hydrogen (secondary N) is 1. The number of nitrogens with zero attached hydrogens (tertiary/aromatic N) is 4. The minimum atomic E-state index is -0.799. The summed E-state index contributed by atoms with van der Waals surface area (Å²) < 4.78 is 0. The molecular weight excluding hydrogens is 430 g/mol. The summed E-state index contributed by atoms with van der Waals surface area (Å²) in [7, 11) is 0. The third-order valence-electron chi connectivity index (χ3n) is 6.66. The Bertz CT molecular complexity index is 1100. The van der Waals surface area contributed by atoms with Gasteiger partial charge in [0.15, 0.2) is 5.82 Å². The Morgan fingerprint density at radius 3 is 2.47 bits per heavy atom. The van der Waals surface area contributed by atoms with E-state index in [9.17, 15) is 14.7 Å². The van der Waals surface area contributed by atoms with Crippen LogP contribution in [0.3, 0.4) is 0 Å². The minimum Gasteiger partial charge on any atom is -0.481 e. The Hall–Kier alpha value is -3.55. The van der Waals surface area contributed by atoms with Crippen LogP contribution in [-0.2, 0) is 16.1 Å². The molecule has 0 radical (unpaired) electrons. The molecule has 34 heavy (non-hydrogen) atoms. The van der Waals surface area contributed by atoms with Gasteiger partial charge in [-0.25, -0.2) is 5.10 Å². The van der Waals surface area contributed by atoms with Crippen LogP contribution >= 0.6 is 0 Å². The molecule has 4 rings (SSSR count). The number of aromatic nitrogens is 4. The number of aliphatic carboxylic acids is 1. The number of carbonyl (C=O) groups is 2. The monoisotopic (exact) mass is 461 g/mol. The second-order valence-electron chi connectivity index (χ2n) is 8.91. The predicted molar refractivity (Wildman–Crippen MR) is 129 cm³/mol. The smallest absolute Gasteiger partial charge is 0.308 e. The van der Waals surface area contributed by atoms with Gasteiger partial charge in [0.25, 0.3) is 0 Å². The van der Waals surface area contributed by atoms with Gasteiger partial charge in [-0.1, -0.05) is 74.7 Å². The zero-order valence-electron chi connectivity index (χ0n) is 19.5. The number of hydrogen-bond donors (Lipinski definition) is 2. The second kappa shape index (κ2) is 11.0. The van der Waals surface area contributed by atoms with Gasteiger partial charge in [0, 0.05) is 24.6 Å². The van der Waals surface area contributed by atoms with Gasteiger partial charge in [-0.3, -0.25) is 9.59 Å². The first-order chi connectivity index (χ1) is 16.6. The van der Waals surface area contributed by atoms with Crippen LogP contribution in [0.1, 0.15) is 57.4 Å². The number of H-pyrrole nitrogens is 1. The molecular formula is C26H31N5O3. The van der Waals surface area contributed by atoms with E-state index in [1.807, 2.05) is 53.4 Å². The van der Waals surface area contributed by atoms with Crippen LogP contribution in [0.4, 0.5) is 0 Å². The summed E-state index contributed by atoms with van der Waals surface area (Å²) in [5.41, 5.74) is 3.91. The van der Waals surface area contributed by atoms with Crippen molar-refractivity contribution >= 4 is 11.9 Å². The van der Waals surface area contributed by atoms with Crippen LogP contribution in [0.2, 0.25) is 0 Å². The van der Waals surface area contributed by atoms with E-state index in [4.69, 9.17) is 0 Å². The first-order valence-electron chi connectivity index (χ1n) is 12.0. The number of tetrazole rings is 1. The molecule has 0 aliphatic heterocycles. The maximum Gasteiger partial charge on any atom is 0.308 e. The van der Waals surface area contributed by atoms with Crippen molar-refractivity contribution in [2.45, 2.75) is 64.5 Å². The van der Waals surface area contributed by atoms with Gasteiger partial charge in [-0.05, 0) is 46.4 Å². The minimum absolute atomic E-state index is 0.0484. The molecule has 2 aromatic carbocycles. The fourth-order valence-electron chi connectivity index (χ4n) is 4.84. The molecule has 0 bridgehead atoms. The van der Waals surface area contributed by atoms with Crippen LogP contribution in [-0.4, -0.2) is 48.5 Å². The van der Waals surface area contributed by atoms with Gasteiger partial charge in [0.05, 0.1) is 5.92 Å². The maximum absolute atomic E-state index is 13.1. The van der Waals surface area contributed by atoms with Crippen molar-refractivity contribution in [3.63, 3.8) is 0 Å². The second-order valence-corrected chi connectivity index (χ2v) is 8.91. The van der Waals surface area contributed by atoms with Crippen LogP contribution < -0.4 is 0 Å². The Balaban J connectivity index is 1.58. The Labute approximate surface area is 199 Å². The van der Waals surface area contributed by atoms with Gasteiger partial charge in [0.2, 0.25) is 5.91 Å². The standard InChI is InChI=1S/C26H31N5O3/c1-2-3-12-24(32)31(23-11-7-6-10-22(23)26(33)34)17-18-13-15-19(16-14-18)20-8-4-5-9-21(20)25-27-29-30-28-25/h4-5,8-9,13-16,22-23H,2-3,6-7,10-12,17H2,1H3,(H,33,34)(H,27,28,29,30)/t22-,23+/m0/s1. The van der Waals surface area contributed by atoms with Crippen molar-refractivity contribution in [2.24, 2.45) is 5.92 Å². The molecule has 0 unspecified atom stereocenters. The highest BCUT2D eigenvalue weighted by Gasteiger charge is 2.36. The largest absolute Gasteiger partial charge is 0.481 e. The number of carboxylic acid groups (broad SMARTS) is 1. The van der Waals surface area contributed by atoms with Crippen molar-refractivity contribution in [2.75, 3.05) is 0 Å². The molecule has 1 saturated carbocycles. The lowest BCUT2D eigenvalue weighted by atomic mass is 9.83. The Kier molecular flexibility index (Phi) is 7.67. The van der Waals surface area contributed by atoms with E-state index in [0.717, 1.165) is 54.4 Å². The van der Waals surface area contributed by atoms with Gasteiger partial charge in [0.1, 0.15) is 0 Å².